The maximum Gasteiger partial charge on any atom is 0.153 e. The second-order valence-electron chi connectivity index (χ2n) is 3.81. The van der Waals surface area contributed by atoms with Crippen LogP contribution >= 0.6 is 0 Å². The van der Waals surface area contributed by atoms with E-state index in [-0.39, 0.29) is 5.75 Å². The SMILES string of the molecule is Cc1cc2nc(-c3ccccc3O)cn2[nH]1. The van der Waals surface area contributed by atoms with Gasteiger partial charge in [0, 0.05) is 17.3 Å². The molecule has 0 saturated carbocycles. The summed E-state index contributed by atoms with van der Waals surface area (Å²) in [7, 11) is 0. The number of phenolic OH excluding ortho intramolecular Hbond substituents is 1. The maximum atomic E-state index is 9.72. The molecule has 4 heteroatoms. The number of aromatic nitrogens is 3. The summed E-state index contributed by atoms with van der Waals surface area (Å²) in [6.07, 6.45) is 1.87. The zero-order chi connectivity index (χ0) is 11.1. The number of H-pyrrole nitrogens is 1. The Bertz CT molecular complexity index is 620. The Morgan fingerprint density at radius 2 is 2.12 bits per heavy atom. The number of para-hydroxylation sites is 1. The third-order valence-electron chi connectivity index (χ3n) is 2.56. The van der Waals surface area contributed by atoms with Crippen molar-refractivity contribution in [2.75, 3.05) is 0 Å². The van der Waals surface area contributed by atoms with Crippen molar-refractivity contribution in [2.45, 2.75) is 6.92 Å². The second-order valence-corrected chi connectivity index (χ2v) is 3.81. The monoisotopic (exact) mass is 213 g/mol. The summed E-state index contributed by atoms with van der Waals surface area (Å²) in [5, 5.41) is 12.9. The summed E-state index contributed by atoms with van der Waals surface area (Å²) in [5.41, 5.74) is 3.43. The molecule has 0 atom stereocenters. The molecule has 0 saturated heterocycles. The number of aromatic hydroxyl groups is 1. The molecular weight excluding hydrogens is 202 g/mol. The highest BCUT2D eigenvalue weighted by molar-refractivity contribution is 5.68. The number of hydrogen-bond acceptors (Lipinski definition) is 2. The highest BCUT2D eigenvalue weighted by Crippen LogP contribution is 2.27. The molecule has 80 valence electrons. The van der Waals surface area contributed by atoms with Gasteiger partial charge >= 0.3 is 0 Å². The fraction of sp³-hybridized carbons (Fsp3) is 0.0833. The topological polar surface area (TPSA) is 53.3 Å². The number of aromatic amines is 1. The quantitative estimate of drug-likeness (QED) is 0.652. The largest absolute Gasteiger partial charge is 0.507 e. The van der Waals surface area contributed by atoms with E-state index < -0.39 is 0 Å². The Morgan fingerprint density at radius 3 is 2.88 bits per heavy atom. The van der Waals surface area contributed by atoms with E-state index in [0.29, 0.717) is 0 Å². The lowest BCUT2D eigenvalue weighted by Gasteiger charge is -1.98. The predicted octanol–water partition coefficient (Wildman–Crippen LogP) is 2.34. The van der Waals surface area contributed by atoms with Crippen LogP contribution < -0.4 is 0 Å². The summed E-state index contributed by atoms with van der Waals surface area (Å²) in [5.74, 6) is 0.250. The Hall–Kier alpha value is -2.23. The van der Waals surface area contributed by atoms with Gasteiger partial charge in [0.1, 0.15) is 5.75 Å². The zero-order valence-corrected chi connectivity index (χ0v) is 8.81. The summed E-state index contributed by atoms with van der Waals surface area (Å²) in [6, 6.07) is 9.15. The normalized spacial score (nSPS) is 11.1. The van der Waals surface area contributed by atoms with Gasteiger partial charge in [-0.05, 0) is 19.1 Å². The van der Waals surface area contributed by atoms with Crippen LogP contribution in [0.4, 0.5) is 0 Å². The Labute approximate surface area is 92.2 Å². The van der Waals surface area contributed by atoms with Crippen LogP contribution in [0.2, 0.25) is 0 Å². The molecule has 0 aliphatic heterocycles. The molecule has 4 nitrogen and oxygen atoms in total. The van der Waals surface area contributed by atoms with Gasteiger partial charge in [-0.2, -0.15) is 0 Å². The number of nitrogens with one attached hydrogen (secondary N) is 1. The van der Waals surface area contributed by atoms with Crippen LogP contribution in [0.5, 0.6) is 5.75 Å². The predicted molar refractivity (Wildman–Crippen MR) is 61.4 cm³/mol. The van der Waals surface area contributed by atoms with Crippen LogP contribution in [0.3, 0.4) is 0 Å². The molecule has 0 unspecified atom stereocenters. The standard InChI is InChI=1S/C12H11N3O/c1-8-6-12-13-10(7-15(12)14-8)9-4-2-3-5-11(9)16/h2-7,14,16H,1H3. The molecule has 2 heterocycles. The first-order valence-corrected chi connectivity index (χ1v) is 5.07. The van der Waals surface area contributed by atoms with Crippen LogP contribution in [-0.2, 0) is 0 Å². The Balaban J connectivity index is 2.19. The van der Waals surface area contributed by atoms with Crippen molar-refractivity contribution in [3.8, 4) is 17.0 Å². The lowest BCUT2D eigenvalue weighted by molar-refractivity contribution is 0.477. The molecular formula is C12H11N3O. The maximum absolute atomic E-state index is 9.72. The van der Waals surface area contributed by atoms with Crippen molar-refractivity contribution < 1.29 is 5.11 Å². The summed E-state index contributed by atoms with van der Waals surface area (Å²) in [6.45, 7) is 1.98. The molecule has 0 bridgehead atoms. The van der Waals surface area contributed by atoms with Crippen molar-refractivity contribution in [3.05, 3.63) is 42.2 Å². The number of aryl methyl sites for hydroxylation is 1. The number of rotatable bonds is 1. The minimum Gasteiger partial charge on any atom is -0.507 e. The van der Waals surface area contributed by atoms with E-state index in [4.69, 9.17) is 0 Å². The van der Waals surface area contributed by atoms with Gasteiger partial charge in [0.05, 0.1) is 11.9 Å². The van der Waals surface area contributed by atoms with E-state index in [1.165, 1.54) is 0 Å². The van der Waals surface area contributed by atoms with Crippen molar-refractivity contribution in [1.29, 1.82) is 0 Å². The average Bonchev–Trinajstić information content (AvgIpc) is 2.75. The minimum atomic E-state index is 0.250. The third kappa shape index (κ3) is 1.27. The van der Waals surface area contributed by atoms with Crippen LogP contribution in [0.15, 0.2) is 36.5 Å². The summed E-state index contributed by atoms with van der Waals surface area (Å²) < 4.78 is 1.84. The number of fused-ring (bicyclic) bond motifs is 1. The third-order valence-corrected chi connectivity index (χ3v) is 2.56. The van der Waals surface area contributed by atoms with Crippen molar-refractivity contribution >= 4 is 5.65 Å². The van der Waals surface area contributed by atoms with Gasteiger partial charge in [-0.1, -0.05) is 12.1 Å². The summed E-state index contributed by atoms with van der Waals surface area (Å²) >= 11 is 0. The number of nitrogens with zero attached hydrogens (tertiary/aromatic N) is 2. The van der Waals surface area contributed by atoms with Crippen LogP contribution in [0.1, 0.15) is 5.69 Å². The number of benzene rings is 1. The van der Waals surface area contributed by atoms with E-state index in [1.807, 2.05) is 35.8 Å². The highest BCUT2D eigenvalue weighted by Gasteiger charge is 2.08. The lowest BCUT2D eigenvalue weighted by Crippen LogP contribution is -1.81. The Kier molecular flexibility index (Phi) is 1.77. The van der Waals surface area contributed by atoms with Gasteiger partial charge in [-0.25, -0.2) is 9.50 Å². The van der Waals surface area contributed by atoms with Crippen molar-refractivity contribution in [3.63, 3.8) is 0 Å². The second kappa shape index (κ2) is 3.13. The Morgan fingerprint density at radius 1 is 1.31 bits per heavy atom. The number of hydrogen-bond donors (Lipinski definition) is 2. The molecule has 0 aliphatic carbocycles. The fourth-order valence-corrected chi connectivity index (χ4v) is 1.82. The van der Waals surface area contributed by atoms with Gasteiger partial charge < -0.3 is 5.11 Å². The fourth-order valence-electron chi connectivity index (χ4n) is 1.82. The number of phenols is 1. The van der Waals surface area contributed by atoms with Gasteiger partial charge in [-0.15, -0.1) is 0 Å². The van der Waals surface area contributed by atoms with Crippen molar-refractivity contribution in [1.82, 2.24) is 14.6 Å². The van der Waals surface area contributed by atoms with Crippen molar-refractivity contribution in [2.24, 2.45) is 0 Å². The minimum absolute atomic E-state index is 0.250. The molecule has 1 aromatic carbocycles. The molecule has 0 spiro atoms. The average molecular weight is 213 g/mol. The van der Waals surface area contributed by atoms with E-state index in [1.54, 1.807) is 12.1 Å². The van der Waals surface area contributed by atoms with E-state index in [2.05, 4.69) is 10.1 Å². The van der Waals surface area contributed by atoms with E-state index >= 15 is 0 Å². The molecule has 16 heavy (non-hydrogen) atoms. The first-order valence-electron chi connectivity index (χ1n) is 5.07. The molecule has 2 N–H and O–H groups in total. The van der Waals surface area contributed by atoms with Gasteiger partial charge in [-0.3, -0.25) is 5.10 Å². The highest BCUT2D eigenvalue weighted by atomic mass is 16.3. The lowest BCUT2D eigenvalue weighted by atomic mass is 10.1. The van der Waals surface area contributed by atoms with Gasteiger partial charge in [0.2, 0.25) is 0 Å². The molecule has 3 rings (SSSR count). The van der Waals surface area contributed by atoms with E-state index in [9.17, 15) is 5.11 Å². The number of imidazole rings is 1. The first-order chi connectivity index (χ1) is 7.74. The van der Waals surface area contributed by atoms with Gasteiger partial charge in [0.25, 0.3) is 0 Å². The van der Waals surface area contributed by atoms with Gasteiger partial charge in [0.15, 0.2) is 5.65 Å². The van der Waals surface area contributed by atoms with Crippen LogP contribution in [0, 0.1) is 6.92 Å². The zero-order valence-electron chi connectivity index (χ0n) is 8.81. The smallest absolute Gasteiger partial charge is 0.153 e. The molecule has 3 aromatic rings. The molecule has 0 radical (unpaired) electrons. The van der Waals surface area contributed by atoms with Crippen LogP contribution in [-0.4, -0.2) is 19.7 Å². The van der Waals surface area contributed by atoms with Crippen LogP contribution in [0.25, 0.3) is 16.9 Å². The first kappa shape index (κ1) is 9.03. The molecule has 0 amide bonds. The summed E-state index contributed by atoms with van der Waals surface area (Å²) in [4.78, 5) is 4.44. The molecule has 2 aromatic heterocycles. The molecule has 0 fully saturated rings. The van der Waals surface area contributed by atoms with E-state index in [0.717, 1.165) is 22.6 Å². The molecule has 0 aliphatic rings.